The van der Waals surface area contributed by atoms with Crippen LogP contribution in [0.3, 0.4) is 0 Å². The van der Waals surface area contributed by atoms with Gasteiger partial charge in [0.25, 0.3) is 0 Å². The van der Waals surface area contributed by atoms with Gasteiger partial charge in [-0.05, 0) is 58.2 Å². The van der Waals surface area contributed by atoms with Crippen LogP contribution in [0.1, 0.15) is 65.0 Å². The Bertz CT molecular complexity index is 461. The lowest BCUT2D eigenvalue weighted by atomic mass is 10.0. The van der Waals surface area contributed by atoms with Crippen molar-refractivity contribution in [1.29, 1.82) is 0 Å². The van der Waals surface area contributed by atoms with E-state index in [0.717, 1.165) is 30.6 Å². The van der Waals surface area contributed by atoms with Gasteiger partial charge in [-0.25, -0.2) is 4.39 Å². The van der Waals surface area contributed by atoms with Crippen LogP contribution in [0.5, 0.6) is 0 Å². The van der Waals surface area contributed by atoms with Crippen LogP contribution in [0, 0.1) is 5.82 Å². The Morgan fingerprint density at radius 3 is 2.76 bits per heavy atom. The molecule has 1 N–H and O–H groups in total. The highest BCUT2D eigenvalue weighted by molar-refractivity contribution is 5.58. The topological polar surface area (TPSA) is 15.3 Å². The molecule has 0 spiro atoms. The number of anilines is 1. The average molecular weight is 292 g/mol. The number of benzene rings is 1. The molecule has 118 valence electrons. The van der Waals surface area contributed by atoms with Crippen molar-refractivity contribution in [3.63, 3.8) is 0 Å². The zero-order valence-electron chi connectivity index (χ0n) is 13.8. The highest BCUT2D eigenvalue weighted by Crippen LogP contribution is 2.37. The molecule has 21 heavy (non-hydrogen) atoms. The Hall–Kier alpha value is -1.09. The number of nitrogens with zero attached hydrogens (tertiary/aromatic N) is 1. The first kappa shape index (κ1) is 16.3. The Morgan fingerprint density at radius 1 is 1.33 bits per heavy atom. The van der Waals surface area contributed by atoms with Gasteiger partial charge >= 0.3 is 0 Å². The third-order valence-electron chi connectivity index (χ3n) is 4.70. The van der Waals surface area contributed by atoms with Crippen molar-refractivity contribution >= 4 is 5.69 Å². The molecule has 0 bridgehead atoms. The second kappa shape index (κ2) is 7.26. The molecule has 2 nitrogen and oxygen atoms in total. The standard InChI is InChI=1S/C18H29FN2/c1-5-12-20-14(4)18-16(19)8-7-9-17(18)21-13(3)10-11-15(21)6-2/h7-9,13-15,20H,5-6,10-12H2,1-4H3. The van der Waals surface area contributed by atoms with Gasteiger partial charge in [0.2, 0.25) is 0 Å². The summed E-state index contributed by atoms with van der Waals surface area (Å²) < 4.78 is 14.5. The second-order valence-corrected chi connectivity index (χ2v) is 6.24. The van der Waals surface area contributed by atoms with Crippen LogP contribution in [0.2, 0.25) is 0 Å². The highest BCUT2D eigenvalue weighted by atomic mass is 19.1. The molecule has 0 aliphatic carbocycles. The molecule has 3 heteroatoms. The van der Waals surface area contributed by atoms with E-state index in [1.165, 1.54) is 12.8 Å². The molecule has 0 amide bonds. The molecule has 1 saturated heterocycles. The number of halogens is 1. The largest absolute Gasteiger partial charge is 0.365 e. The summed E-state index contributed by atoms with van der Waals surface area (Å²) in [5.74, 6) is -0.0856. The number of hydrogen-bond donors (Lipinski definition) is 1. The Balaban J connectivity index is 2.36. The molecular formula is C18H29FN2. The van der Waals surface area contributed by atoms with Crippen LogP contribution in [-0.4, -0.2) is 18.6 Å². The van der Waals surface area contributed by atoms with E-state index in [1.807, 2.05) is 6.07 Å². The Morgan fingerprint density at radius 2 is 2.10 bits per heavy atom. The summed E-state index contributed by atoms with van der Waals surface area (Å²) >= 11 is 0. The first-order chi connectivity index (χ1) is 10.1. The molecular weight excluding hydrogens is 263 g/mol. The van der Waals surface area contributed by atoms with Gasteiger partial charge in [0.05, 0.1) is 0 Å². The van der Waals surface area contributed by atoms with Crippen LogP contribution in [0.4, 0.5) is 10.1 Å². The third-order valence-corrected chi connectivity index (χ3v) is 4.70. The van der Waals surface area contributed by atoms with Crippen molar-refractivity contribution in [3.05, 3.63) is 29.6 Å². The maximum absolute atomic E-state index is 14.5. The summed E-state index contributed by atoms with van der Waals surface area (Å²) in [7, 11) is 0. The van der Waals surface area contributed by atoms with Crippen LogP contribution in [-0.2, 0) is 0 Å². The fraction of sp³-hybridized carbons (Fsp3) is 0.667. The normalized spacial score (nSPS) is 23.6. The molecule has 1 aromatic rings. The van der Waals surface area contributed by atoms with Gasteiger partial charge in [0.1, 0.15) is 5.82 Å². The predicted octanol–water partition coefficient (Wildman–Crippen LogP) is 4.65. The second-order valence-electron chi connectivity index (χ2n) is 6.24. The van der Waals surface area contributed by atoms with E-state index in [-0.39, 0.29) is 11.9 Å². The average Bonchev–Trinajstić information content (AvgIpc) is 2.85. The summed E-state index contributed by atoms with van der Waals surface area (Å²) in [6, 6.07) is 6.61. The van der Waals surface area contributed by atoms with Gasteiger partial charge in [-0.1, -0.05) is 19.9 Å². The van der Waals surface area contributed by atoms with E-state index in [2.05, 4.69) is 44.0 Å². The lowest BCUT2D eigenvalue weighted by molar-refractivity contribution is 0.521. The fourth-order valence-corrected chi connectivity index (χ4v) is 3.55. The molecule has 2 rings (SSSR count). The molecule has 3 unspecified atom stereocenters. The van der Waals surface area contributed by atoms with Crippen molar-refractivity contribution < 1.29 is 4.39 Å². The number of hydrogen-bond acceptors (Lipinski definition) is 2. The van der Waals surface area contributed by atoms with E-state index >= 15 is 0 Å². The molecule has 1 aliphatic rings. The van der Waals surface area contributed by atoms with E-state index in [9.17, 15) is 4.39 Å². The van der Waals surface area contributed by atoms with Crippen LogP contribution in [0.25, 0.3) is 0 Å². The highest BCUT2D eigenvalue weighted by Gasteiger charge is 2.32. The minimum atomic E-state index is -0.0856. The quantitative estimate of drug-likeness (QED) is 0.820. The predicted molar refractivity (Wildman–Crippen MR) is 88.4 cm³/mol. The number of nitrogens with one attached hydrogen (secondary N) is 1. The van der Waals surface area contributed by atoms with Gasteiger partial charge < -0.3 is 10.2 Å². The van der Waals surface area contributed by atoms with Crippen LogP contribution in [0.15, 0.2) is 18.2 Å². The minimum absolute atomic E-state index is 0.0476. The van der Waals surface area contributed by atoms with Gasteiger partial charge in [0.15, 0.2) is 0 Å². The molecule has 1 fully saturated rings. The minimum Gasteiger partial charge on any atom is -0.365 e. The van der Waals surface area contributed by atoms with Crippen molar-refractivity contribution in [1.82, 2.24) is 5.32 Å². The molecule has 1 aromatic carbocycles. The van der Waals surface area contributed by atoms with Crippen molar-refractivity contribution in [2.45, 2.75) is 71.5 Å². The first-order valence-corrected chi connectivity index (χ1v) is 8.40. The molecule has 0 saturated carbocycles. The summed E-state index contributed by atoms with van der Waals surface area (Å²) in [5.41, 5.74) is 1.92. The van der Waals surface area contributed by atoms with Crippen LogP contribution >= 0.6 is 0 Å². The van der Waals surface area contributed by atoms with E-state index in [1.54, 1.807) is 6.07 Å². The lowest BCUT2D eigenvalue weighted by Gasteiger charge is -2.33. The Kier molecular flexibility index (Phi) is 5.63. The molecule has 1 heterocycles. The SMILES string of the molecule is CCCNC(C)c1c(F)cccc1N1C(C)CCC1CC. The molecule has 1 aliphatic heterocycles. The van der Waals surface area contributed by atoms with E-state index in [4.69, 9.17) is 0 Å². The van der Waals surface area contributed by atoms with Gasteiger partial charge in [0, 0.05) is 29.4 Å². The van der Waals surface area contributed by atoms with E-state index < -0.39 is 0 Å². The van der Waals surface area contributed by atoms with Crippen molar-refractivity contribution in [2.24, 2.45) is 0 Å². The van der Waals surface area contributed by atoms with Crippen molar-refractivity contribution in [2.75, 3.05) is 11.4 Å². The zero-order chi connectivity index (χ0) is 15.4. The maximum atomic E-state index is 14.5. The maximum Gasteiger partial charge on any atom is 0.130 e. The molecule has 0 radical (unpaired) electrons. The summed E-state index contributed by atoms with van der Waals surface area (Å²) in [6.07, 6.45) is 4.60. The van der Waals surface area contributed by atoms with Gasteiger partial charge in [-0.2, -0.15) is 0 Å². The molecule has 0 aromatic heterocycles. The molecule has 3 atom stereocenters. The number of rotatable bonds is 6. The smallest absolute Gasteiger partial charge is 0.130 e. The first-order valence-electron chi connectivity index (χ1n) is 8.40. The van der Waals surface area contributed by atoms with E-state index in [0.29, 0.717) is 12.1 Å². The summed E-state index contributed by atoms with van der Waals surface area (Å²) in [4.78, 5) is 2.45. The zero-order valence-corrected chi connectivity index (χ0v) is 13.8. The van der Waals surface area contributed by atoms with Gasteiger partial charge in [-0.3, -0.25) is 0 Å². The lowest BCUT2D eigenvalue weighted by Crippen LogP contribution is -2.36. The summed E-state index contributed by atoms with van der Waals surface area (Å²) in [6.45, 7) is 9.61. The Labute approximate surface area is 128 Å². The summed E-state index contributed by atoms with van der Waals surface area (Å²) in [5, 5.41) is 3.43. The third kappa shape index (κ3) is 3.39. The monoisotopic (exact) mass is 292 g/mol. The fourth-order valence-electron chi connectivity index (χ4n) is 3.55. The van der Waals surface area contributed by atoms with Crippen LogP contribution < -0.4 is 10.2 Å². The van der Waals surface area contributed by atoms with Crippen molar-refractivity contribution in [3.8, 4) is 0 Å². The van der Waals surface area contributed by atoms with Gasteiger partial charge in [-0.15, -0.1) is 0 Å².